The number of nitrogens with zero attached hydrogens (tertiary/aromatic N) is 2. The number of hydrogen-bond donors (Lipinski definition) is 1. The van der Waals surface area contributed by atoms with Gasteiger partial charge in [-0.05, 0) is 26.0 Å². The Kier molecular flexibility index (Phi) is 3.85. The highest BCUT2D eigenvalue weighted by Gasteiger charge is 2.19. The third-order valence-electron chi connectivity index (χ3n) is 2.86. The van der Waals surface area contributed by atoms with E-state index in [-0.39, 0.29) is 5.97 Å². The summed E-state index contributed by atoms with van der Waals surface area (Å²) in [6, 6.07) is 6.99. The second-order valence-corrected chi connectivity index (χ2v) is 4.21. The molecule has 2 N–H and O–H groups in total. The molecule has 1 heterocycles. The molecule has 1 unspecified atom stereocenters. The molecule has 0 fully saturated rings. The molecule has 0 spiro atoms. The van der Waals surface area contributed by atoms with Gasteiger partial charge in [-0.2, -0.15) is 0 Å². The minimum absolute atomic E-state index is 0.273. The van der Waals surface area contributed by atoms with Crippen LogP contribution in [0.25, 0.3) is 11.4 Å². The highest BCUT2D eigenvalue weighted by Crippen LogP contribution is 2.23. The number of imidazole rings is 1. The number of rotatable bonds is 4. The van der Waals surface area contributed by atoms with E-state index >= 15 is 0 Å². The molecular formula is C14H17N3O2. The van der Waals surface area contributed by atoms with Crippen LogP contribution >= 0.6 is 0 Å². The summed E-state index contributed by atoms with van der Waals surface area (Å²) in [6.45, 7) is 3.94. The molecule has 1 atom stereocenters. The monoisotopic (exact) mass is 259 g/mol. The third kappa shape index (κ3) is 2.76. The second kappa shape index (κ2) is 5.56. The molecule has 2 rings (SSSR count). The average molecular weight is 259 g/mol. The van der Waals surface area contributed by atoms with Gasteiger partial charge >= 0.3 is 5.97 Å². The van der Waals surface area contributed by atoms with Crippen molar-refractivity contribution in [3.05, 3.63) is 36.7 Å². The molecule has 100 valence electrons. The minimum Gasteiger partial charge on any atom is -0.464 e. The fraction of sp³-hybridized carbons (Fsp3) is 0.286. The van der Waals surface area contributed by atoms with Crippen LogP contribution in [-0.4, -0.2) is 22.1 Å². The summed E-state index contributed by atoms with van der Waals surface area (Å²) < 4.78 is 6.81. The lowest BCUT2D eigenvalue weighted by molar-refractivity contribution is -0.146. The first-order valence-corrected chi connectivity index (χ1v) is 6.19. The number of anilines is 1. The summed E-state index contributed by atoms with van der Waals surface area (Å²) in [4.78, 5) is 16.1. The van der Waals surface area contributed by atoms with Crippen molar-refractivity contribution in [3.63, 3.8) is 0 Å². The van der Waals surface area contributed by atoms with Crippen LogP contribution in [-0.2, 0) is 9.53 Å². The van der Waals surface area contributed by atoms with Crippen LogP contribution < -0.4 is 5.73 Å². The summed E-state index contributed by atoms with van der Waals surface area (Å²) in [5.41, 5.74) is 7.31. The van der Waals surface area contributed by atoms with E-state index in [2.05, 4.69) is 4.98 Å². The SMILES string of the molecule is CCOC(=O)C(C)n1ccnc1-c1cccc(N)c1. The van der Waals surface area contributed by atoms with Crippen molar-refractivity contribution < 1.29 is 9.53 Å². The predicted molar refractivity (Wildman–Crippen MR) is 73.4 cm³/mol. The maximum Gasteiger partial charge on any atom is 0.328 e. The maximum absolute atomic E-state index is 11.8. The minimum atomic E-state index is -0.418. The number of aromatic nitrogens is 2. The van der Waals surface area contributed by atoms with E-state index in [0.717, 1.165) is 5.56 Å². The van der Waals surface area contributed by atoms with Gasteiger partial charge in [0.05, 0.1) is 6.61 Å². The van der Waals surface area contributed by atoms with Crippen LogP contribution in [0.3, 0.4) is 0 Å². The van der Waals surface area contributed by atoms with Crippen LogP contribution in [0, 0.1) is 0 Å². The third-order valence-corrected chi connectivity index (χ3v) is 2.86. The van der Waals surface area contributed by atoms with E-state index in [0.29, 0.717) is 18.1 Å². The van der Waals surface area contributed by atoms with Crippen molar-refractivity contribution >= 4 is 11.7 Å². The van der Waals surface area contributed by atoms with Gasteiger partial charge in [0.2, 0.25) is 0 Å². The molecule has 19 heavy (non-hydrogen) atoms. The number of nitrogen functional groups attached to an aromatic ring is 1. The lowest BCUT2D eigenvalue weighted by atomic mass is 10.2. The van der Waals surface area contributed by atoms with Gasteiger partial charge in [-0.1, -0.05) is 12.1 Å². The molecule has 5 heteroatoms. The molecular weight excluding hydrogens is 242 g/mol. The molecule has 0 saturated carbocycles. The summed E-state index contributed by atoms with van der Waals surface area (Å²) in [6.07, 6.45) is 3.42. The largest absolute Gasteiger partial charge is 0.464 e. The van der Waals surface area contributed by atoms with E-state index in [1.54, 1.807) is 30.8 Å². The number of carbonyl (C=O) groups excluding carboxylic acids is 1. The maximum atomic E-state index is 11.8. The normalized spacial score (nSPS) is 12.1. The molecule has 0 radical (unpaired) electrons. The van der Waals surface area contributed by atoms with Crippen molar-refractivity contribution in [1.29, 1.82) is 0 Å². The lowest BCUT2D eigenvalue weighted by Crippen LogP contribution is -2.19. The Labute approximate surface area is 112 Å². The first kappa shape index (κ1) is 13.1. The average Bonchev–Trinajstić information content (AvgIpc) is 2.87. The van der Waals surface area contributed by atoms with Crippen molar-refractivity contribution in [2.45, 2.75) is 19.9 Å². The molecule has 0 aliphatic carbocycles. The van der Waals surface area contributed by atoms with Gasteiger partial charge in [-0.3, -0.25) is 0 Å². The molecule has 0 amide bonds. The Morgan fingerprint density at radius 2 is 2.32 bits per heavy atom. The topological polar surface area (TPSA) is 70.1 Å². The molecule has 1 aromatic heterocycles. The number of carbonyl (C=O) groups is 1. The number of esters is 1. The fourth-order valence-corrected chi connectivity index (χ4v) is 1.90. The Bertz CT molecular complexity index is 578. The highest BCUT2D eigenvalue weighted by atomic mass is 16.5. The Balaban J connectivity index is 2.35. The Morgan fingerprint density at radius 3 is 3.00 bits per heavy atom. The van der Waals surface area contributed by atoms with E-state index in [1.165, 1.54) is 0 Å². The van der Waals surface area contributed by atoms with Gasteiger partial charge in [0.15, 0.2) is 0 Å². The van der Waals surface area contributed by atoms with E-state index in [9.17, 15) is 4.79 Å². The van der Waals surface area contributed by atoms with Crippen LogP contribution in [0.5, 0.6) is 0 Å². The van der Waals surface area contributed by atoms with Gasteiger partial charge in [0.1, 0.15) is 11.9 Å². The first-order chi connectivity index (χ1) is 9.13. The number of hydrogen-bond acceptors (Lipinski definition) is 4. The smallest absolute Gasteiger partial charge is 0.328 e. The van der Waals surface area contributed by atoms with Gasteiger partial charge in [0, 0.05) is 23.6 Å². The standard InChI is InChI=1S/C14H17N3O2/c1-3-19-14(18)10(2)17-8-7-16-13(17)11-5-4-6-12(15)9-11/h4-10H,3,15H2,1-2H3. The number of benzene rings is 1. The van der Waals surface area contributed by atoms with Crippen LogP contribution in [0.4, 0.5) is 5.69 Å². The van der Waals surface area contributed by atoms with Crippen molar-refractivity contribution in [2.24, 2.45) is 0 Å². The Hall–Kier alpha value is -2.30. The van der Waals surface area contributed by atoms with E-state index in [1.807, 2.05) is 24.3 Å². The molecule has 0 aliphatic rings. The number of nitrogens with two attached hydrogens (primary N) is 1. The van der Waals surface area contributed by atoms with Crippen LogP contribution in [0.1, 0.15) is 19.9 Å². The lowest BCUT2D eigenvalue weighted by Gasteiger charge is -2.15. The summed E-state index contributed by atoms with van der Waals surface area (Å²) in [5, 5.41) is 0. The van der Waals surface area contributed by atoms with Gasteiger partial charge in [-0.25, -0.2) is 9.78 Å². The highest BCUT2D eigenvalue weighted by molar-refractivity contribution is 5.75. The van der Waals surface area contributed by atoms with E-state index in [4.69, 9.17) is 10.5 Å². The first-order valence-electron chi connectivity index (χ1n) is 6.19. The molecule has 2 aromatic rings. The molecule has 5 nitrogen and oxygen atoms in total. The zero-order valence-corrected chi connectivity index (χ0v) is 11.0. The van der Waals surface area contributed by atoms with Crippen molar-refractivity contribution in [1.82, 2.24) is 9.55 Å². The van der Waals surface area contributed by atoms with Crippen molar-refractivity contribution in [3.8, 4) is 11.4 Å². The van der Waals surface area contributed by atoms with E-state index < -0.39 is 6.04 Å². The van der Waals surface area contributed by atoms with Crippen LogP contribution in [0.2, 0.25) is 0 Å². The van der Waals surface area contributed by atoms with Gasteiger partial charge in [-0.15, -0.1) is 0 Å². The predicted octanol–water partition coefficient (Wildman–Crippen LogP) is 2.26. The van der Waals surface area contributed by atoms with Crippen molar-refractivity contribution in [2.75, 3.05) is 12.3 Å². The Morgan fingerprint density at radius 1 is 1.53 bits per heavy atom. The molecule has 0 bridgehead atoms. The number of ether oxygens (including phenoxy) is 1. The molecule has 0 aliphatic heterocycles. The fourth-order valence-electron chi connectivity index (χ4n) is 1.90. The van der Waals surface area contributed by atoms with Gasteiger partial charge < -0.3 is 15.0 Å². The summed E-state index contributed by atoms with van der Waals surface area (Å²) in [5.74, 6) is 0.429. The van der Waals surface area contributed by atoms with Crippen LogP contribution in [0.15, 0.2) is 36.7 Å². The summed E-state index contributed by atoms with van der Waals surface area (Å²) >= 11 is 0. The zero-order valence-electron chi connectivity index (χ0n) is 11.0. The van der Waals surface area contributed by atoms with Gasteiger partial charge in [0.25, 0.3) is 0 Å². The second-order valence-electron chi connectivity index (χ2n) is 4.21. The zero-order chi connectivity index (χ0) is 13.8. The summed E-state index contributed by atoms with van der Waals surface area (Å²) in [7, 11) is 0. The molecule has 0 saturated heterocycles. The quantitative estimate of drug-likeness (QED) is 0.675. The molecule has 1 aromatic carbocycles.